The van der Waals surface area contributed by atoms with Gasteiger partial charge in [-0.2, -0.15) is 0 Å². The molecular formula is C23H39ClN2OSi. The lowest BCUT2D eigenvalue weighted by molar-refractivity contribution is 0.114. The van der Waals surface area contributed by atoms with Crippen LogP contribution >= 0.6 is 11.6 Å². The second kappa shape index (κ2) is 8.77. The fourth-order valence-electron chi connectivity index (χ4n) is 4.55. The van der Waals surface area contributed by atoms with E-state index < -0.39 is 8.32 Å². The first-order valence-electron chi connectivity index (χ1n) is 11.0. The van der Waals surface area contributed by atoms with Gasteiger partial charge >= 0.3 is 0 Å². The summed E-state index contributed by atoms with van der Waals surface area (Å²) in [6.07, 6.45) is 6.16. The maximum atomic E-state index is 6.69. The Bertz CT molecular complexity index is 635. The Morgan fingerprint density at radius 2 is 1.71 bits per heavy atom. The minimum Gasteiger partial charge on any atom is -0.414 e. The van der Waals surface area contributed by atoms with Crippen LogP contribution in [0.5, 0.6) is 0 Å². The molecule has 1 heterocycles. The Hall–Kier alpha value is -0.393. The van der Waals surface area contributed by atoms with Gasteiger partial charge in [-0.15, -0.1) is 0 Å². The molecule has 0 amide bonds. The van der Waals surface area contributed by atoms with Gasteiger partial charge in [-0.05, 0) is 86.9 Å². The third-order valence-electron chi connectivity index (χ3n) is 7.36. The van der Waals surface area contributed by atoms with Gasteiger partial charge in [0.1, 0.15) is 0 Å². The summed E-state index contributed by atoms with van der Waals surface area (Å²) in [5.41, 5.74) is 7.99. The summed E-state index contributed by atoms with van der Waals surface area (Å²) >= 11 is 6.01. The van der Waals surface area contributed by atoms with Crippen molar-refractivity contribution in [1.29, 1.82) is 0 Å². The van der Waals surface area contributed by atoms with Gasteiger partial charge < -0.3 is 10.2 Å². The number of rotatable bonds is 5. The van der Waals surface area contributed by atoms with Crippen LogP contribution in [0.2, 0.25) is 23.2 Å². The minimum absolute atomic E-state index is 0.252. The normalized spacial score (nSPS) is 28.0. The Kier molecular flexibility index (Phi) is 6.98. The second-order valence-corrected chi connectivity index (χ2v) is 15.7. The van der Waals surface area contributed by atoms with E-state index in [1.54, 1.807) is 0 Å². The van der Waals surface area contributed by atoms with Crippen LogP contribution in [0, 0.1) is 5.92 Å². The smallest absolute Gasteiger partial charge is 0.192 e. The third kappa shape index (κ3) is 5.40. The molecule has 0 aromatic heterocycles. The molecule has 1 aliphatic carbocycles. The number of hydrogen-bond acceptors (Lipinski definition) is 3. The van der Waals surface area contributed by atoms with Crippen LogP contribution in [-0.2, 0) is 10.8 Å². The number of halogens is 1. The molecule has 158 valence electrons. The maximum Gasteiger partial charge on any atom is 0.192 e. The summed E-state index contributed by atoms with van der Waals surface area (Å²) in [5, 5.41) is 1.08. The Morgan fingerprint density at radius 3 is 2.29 bits per heavy atom. The summed E-state index contributed by atoms with van der Waals surface area (Å²) in [4.78, 5) is 2.65. The lowest BCUT2D eigenvalue weighted by Gasteiger charge is -2.39. The van der Waals surface area contributed by atoms with Gasteiger partial charge in [0, 0.05) is 23.2 Å². The summed E-state index contributed by atoms with van der Waals surface area (Å²) < 4.78 is 6.69. The highest BCUT2D eigenvalue weighted by Crippen LogP contribution is 2.40. The molecule has 1 saturated carbocycles. The first kappa shape index (κ1) is 22.3. The van der Waals surface area contributed by atoms with E-state index in [0.717, 1.165) is 23.8 Å². The van der Waals surface area contributed by atoms with Crippen LogP contribution in [0.25, 0.3) is 0 Å². The molecule has 3 atom stereocenters. The highest BCUT2D eigenvalue weighted by atomic mass is 35.5. The zero-order chi connectivity index (χ0) is 20.5. The molecule has 28 heavy (non-hydrogen) atoms. The number of hydrogen-bond donors (Lipinski definition) is 1. The molecule has 2 fully saturated rings. The van der Waals surface area contributed by atoms with Crippen LogP contribution in [0.15, 0.2) is 24.3 Å². The molecule has 5 heteroatoms. The van der Waals surface area contributed by atoms with Crippen molar-refractivity contribution in [3.8, 4) is 0 Å². The predicted molar refractivity (Wildman–Crippen MR) is 123 cm³/mol. The van der Waals surface area contributed by atoms with E-state index in [0.29, 0.717) is 12.1 Å². The van der Waals surface area contributed by atoms with E-state index in [1.807, 2.05) is 12.1 Å². The van der Waals surface area contributed by atoms with E-state index in [4.69, 9.17) is 21.8 Å². The maximum absolute atomic E-state index is 6.69. The van der Waals surface area contributed by atoms with E-state index in [9.17, 15) is 0 Å². The molecule has 1 saturated heterocycles. The molecule has 0 unspecified atom stereocenters. The van der Waals surface area contributed by atoms with E-state index in [1.165, 1.54) is 37.9 Å². The van der Waals surface area contributed by atoms with Gasteiger partial charge in [0.25, 0.3) is 0 Å². The second-order valence-electron chi connectivity index (χ2n) is 10.5. The molecule has 0 spiro atoms. The molecule has 1 aliphatic heterocycles. The van der Waals surface area contributed by atoms with Crippen molar-refractivity contribution in [2.24, 2.45) is 11.7 Å². The van der Waals surface area contributed by atoms with E-state index >= 15 is 0 Å². The van der Waals surface area contributed by atoms with Crippen LogP contribution in [0.3, 0.4) is 0 Å². The zero-order valence-electron chi connectivity index (χ0n) is 18.4. The number of nitrogens with zero attached hydrogens (tertiary/aromatic N) is 1. The largest absolute Gasteiger partial charge is 0.414 e. The third-order valence-corrected chi connectivity index (χ3v) is 12.1. The van der Waals surface area contributed by atoms with Crippen molar-refractivity contribution in [3.63, 3.8) is 0 Å². The molecule has 0 bridgehead atoms. The van der Waals surface area contributed by atoms with Crippen molar-refractivity contribution < 1.29 is 4.43 Å². The molecule has 0 radical (unpaired) electrons. The molecule has 3 rings (SSSR count). The highest BCUT2D eigenvalue weighted by Gasteiger charge is 2.44. The van der Waals surface area contributed by atoms with Gasteiger partial charge in [0.05, 0.1) is 0 Å². The van der Waals surface area contributed by atoms with Crippen molar-refractivity contribution in [3.05, 3.63) is 34.9 Å². The van der Waals surface area contributed by atoms with Crippen LogP contribution in [0.4, 0.5) is 0 Å². The van der Waals surface area contributed by atoms with Gasteiger partial charge in [-0.25, -0.2) is 0 Å². The topological polar surface area (TPSA) is 38.5 Å². The van der Waals surface area contributed by atoms with Crippen molar-refractivity contribution in [2.75, 3.05) is 13.1 Å². The van der Waals surface area contributed by atoms with Crippen molar-refractivity contribution >= 4 is 19.9 Å². The number of nitrogens with two attached hydrogens (primary N) is 1. The first-order valence-corrected chi connectivity index (χ1v) is 14.3. The highest BCUT2D eigenvalue weighted by molar-refractivity contribution is 6.74. The van der Waals surface area contributed by atoms with Crippen molar-refractivity contribution in [2.45, 2.75) is 89.2 Å². The lowest BCUT2D eigenvalue weighted by Crippen LogP contribution is -2.48. The average molecular weight is 423 g/mol. The molecule has 1 aromatic carbocycles. The number of benzene rings is 1. The van der Waals surface area contributed by atoms with Crippen LogP contribution < -0.4 is 5.73 Å². The van der Waals surface area contributed by atoms with Crippen LogP contribution in [0.1, 0.15) is 52.0 Å². The number of piperidine rings is 1. The molecule has 1 aromatic rings. The van der Waals surface area contributed by atoms with Gasteiger partial charge in [0.2, 0.25) is 0 Å². The predicted octanol–water partition coefficient (Wildman–Crippen LogP) is 5.47. The van der Waals surface area contributed by atoms with Crippen LogP contribution in [-0.4, -0.2) is 44.5 Å². The SMILES string of the molecule is CC(C)(C)[Si](C)(C)O[C@H]1C[C@@H](N)[C@@H](N2CCC(Cc3ccc(Cl)cc3)CC2)C1. The van der Waals surface area contributed by atoms with Gasteiger partial charge in [0.15, 0.2) is 8.32 Å². The quantitative estimate of drug-likeness (QED) is 0.639. The Labute approximate surface area is 178 Å². The lowest BCUT2D eigenvalue weighted by atomic mass is 9.89. The van der Waals surface area contributed by atoms with E-state index in [-0.39, 0.29) is 11.1 Å². The zero-order valence-corrected chi connectivity index (χ0v) is 20.1. The molecule has 3 nitrogen and oxygen atoms in total. The van der Waals surface area contributed by atoms with Gasteiger partial charge in [-0.1, -0.05) is 44.5 Å². The van der Waals surface area contributed by atoms with Gasteiger partial charge in [-0.3, -0.25) is 4.90 Å². The fourth-order valence-corrected chi connectivity index (χ4v) is 6.06. The van der Waals surface area contributed by atoms with E-state index in [2.05, 4.69) is 50.9 Å². The standard InChI is InChI=1S/C23H39ClN2OSi/c1-23(2,3)28(4,5)27-20-15-21(25)22(16-20)26-12-10-18(11-13-26)14-17-6-8-19(24)9-7-17/h6-9,18,20-22H,10-16,25H2,1-5H3/t20-,21+,22-/m0/s1. The fraction of sp³-hybridized carbons (Fsp3) is 0.739. The summed E-state index contributed by atoms with van der Waals surface area (Å²) in [7, 11) is -1.72. The summed E-state index contributed by atoms with van der Waals surface area (Å²) in [6.45, 7) is 14.0. The number of likely N-dealkylation sites (tertiary alicyclic amines) is 1. The summed E-state index contributed by atoms with van der Waals surface area (Å²) in [6, 6.07) is 9.10. The molecule has 2 aliphatic rings. The molecule has 2 N–H and O–H groups in total. The summed E-state index contributed by atoms with van der Waals surface area (Å²) in [5.74, 6) is 0.773. The minimum atomic E-state index is -1.72. The molecular weight excluding hydrogens is 384 g/mol. The monoisotopic (exact) mass is 422 g/mol. The first-order chi connectivity index (χ1) is 13.0. The Morgan fingerprint density at radius 1 is 1.11 bits per heavy atom. The average Bonchev–Trinajstić information content (AvgIpc) is 2.96. The Balaban J connectivity index is 1.49. The van der Waals surface area contributed by atoms with Crippen molar-refractivity contribution in [1.82, 2.24) is 4.90 Å².